The molecule has 3 atom stereocenters. The second kappa shape index (κ2) is 17.1. The molecule has 7 heterocycles. The topological polar surface area (TPSA) is 191 Å². The third-order valence-corrected chi connectivity index (χ3v) is 13.3. The molecule has 5 saturated heterocycles. The highest BCUT2D eigenvalue weighted by Crippen LogP contribution is 2.33. The summed E-state index contributed by atoms with van der Waals surface area (Å²) >= 11 is 0. The lowest BCUT2D eigenvalue weighted by atomic mass is 9.88. The minimum atomic E-state index is -1.07. The lowest BCUT2D eigenvalue weighted by Crippen LogP contribution is -2.48. The number of anilines is 4. The number of pyridine rings is 1. The van der Waals surface area contributed by atoms with Gasteiger partial charge in [-0.15, -0.1) is 0 Å². The number of cyclic esters (lactones) is 1. The van der Waals surface area contributed by atoms with Gasteiger partial charge in [-0.05, 0) is 117 Å². The molecule has 16 heteroatoms. The van der Waals surface area contributed by atoms with Gasteiger partial charge in [0.25, 0.3) is 11.5 Å². The standard InChI is InChI=1S/C44H54N10O6/c45-40(56)39-41(48-37(25-46-39)52-16-1-2-34(27-52)53-22-23-60-44(53)59)47-32-5-3-29(4-6-32)30-13-17-50(18-14-30)26-28-11-19-51(20-12-28)33-7-8-35-31(24-33)15-21-54(43(35)58)36-9-10-38(55)49-42(36)57/h3-8,15,21,24-25,28,30,34,36,42,57H,1-2,9-14,16-20,22-23,26-27H2,(H2,45,56)(H,47,48)(H,49,55)/t34-,36?,42?/m1/s1. The molecule has 0 bridgehead atoms. The number of piperidine rings is 4. The summed E-state index contributed by atoms with van der Waals surface area (Å²) in [6.07, 6.45) is 8.94. The van der Waals surface area contributed by atoms with Gasteiger partial charge in [0, 0.05) is 62.1 Å². The van der Waals surface area contributed by atoms with Crippen LogP contribution in [0.15, 0.2) is 65.7 Å². The van der Waals surface area contributed by atoms with Crippen molar-refractivity contribution in [1.29, 1.82) is 0 Å². The van der Waals surface area contributed by atoms with E-state index in [0.29, 0.717) is 55.0 Å². The van der Waals surface area contributed by atoms with Crippen LogP contribution in [0.3, 0.4) is 0 Å². The molecule has 0 saturated carbocycles. The van der Waals surface area contributed by atoms with E-state index in [9.17, 15) is 24.3 Å². The average Bonchev–Trinajstić information content (AvgIpc) is 3.70. The molecule has 60 heavy (non-hydrogen) atoms. The number of rotatable bonds is 10. The molecule has 16 nitrogen and oxygen atoms in total. The number of aliphatic hydroxyl groups excluding tert-OH is 1. The van der Waals surface area contributed by atoms with Gasteiger partial charge in [0.2, 0.25) is 5.91 Å². The normalized spacial score (nSPS) is 23.5. The number of nitrogens with zero attached hydrogens (tertiary/aromatic N) is 7. The number of carbonyl (C=O) groups is 3. The van der Waals surface area contributed by atoms with Gasteiger partial charge >= 0.3 is 6.09 Å². The summed E-state index contributed by atoms with van der Waals surface area (Å²) in [6.45, 7) is 7.60. The van der Waals surface area contributed by atoms with E-state index in [2.05, 4.69) is 48.5 Å². The van der Waals surface area contributed by atoms with Gasteiger partial charge in [-0.1, -0.05) is 12.1 Å². The summed E-state index contributed by atoms with van der Waals surface area (Å²) in [4.78, 5) is 67.7. The van der Waals surface area contributed by atoms with E-state index in [1.807, 2.05) is 30.3 Å². The summed E-state index contributed by atoms with van der Waals surface area (Å²) in [5.41, 5.74) is 8.86. The highest BCUT2D eigenvalue weighted by atomic mass is 16.6. The summed E-state index contributed by atoms with van der Waals surface area (Å²) in [7, 11) is 0. The molecular weight excluding hydrogens is 765 g/mol. The Morgan fingerprint density at radius 3 is 2.45 bits per heavy atom. The number of carbonyl (C=O) groups excluding carboxylic acids is 3. The maximum absolute atomic E-state index is 13.4. The number of aliphatic hydroxyl groups is 1. The number of hydrogen-bond donors (Lipinski definition) is 4. The fourth-order valence-electron chi connectivity index (χ4n) is 9.89. The second-order valence-electron chi connectivity index (χ2n) is 17.0. The molecule has 2 aromatic carbocycles. The maximum Gasteiger partial charge on any atom is 0.410 e. The first-order valence-electron chi connectivity index (χ1n) is 21.5. The fourth-order valence-corrected chi connectivity index (χ4v) is 9.89. The van der Waals surface area contributed by atoms with Crippen LogP contribution in [0.4, 0.5) is 27.8 Å². The van der Waals surface area contributed by atoms with Crippen molar-refractivity contribution in [2.75, 3.05) is 74.1 Å². The second-order valence-corrected chi connectivity index (χ2v) is 17.0. The maximum atomic E-state index is 13.4. The number of hydrogen-bond acceptors (Lipinski definition) is 12. The lowest BCUT2D eigenvalue weighted by molar-refractivity contribution is -0.128. The van der Waals surface area contributed by atoms with Crippen LogP contribution >= 0.6 is 0 Å². The van der Waals surface area contributed by atoms with Crippen molar-refractivity contribution in [2.24, 2.45) is 11.7 Å². The Labute approximate surface area is 348 Å². The Kier molecular flexibility index (Phi) is 11.3. The number of nitrogens with one attached hydrogen (secondary N) is 2. The van der Waals surface area contributed by atoms with Crippen molar-refractivity contribution in [3.8, 4) is 0 Å². The van der Waals surface area contributed by atoms with Gasteiger partial charge in [-0.3, -0.25) is 14.4 Å². The highest BCUT2D eigenvalue weighted by Gasteiger charge is 2.34. The van der Waals surface area contributed by atoms with Gasteiger partial charge in [-0.2, -0.15) is 0 Å². The van der Waals surface area contributed by atoms with Gasteiger partial charge in [0.15, 0.2) is 11.5 Å². The van der Waals surface area contributed by atoms with Crippen molar-refractivity contribution in [3.63, 3.8) is 0 Å². The van der Waals surface area contributed by atoms with Crippen LogP contribution in [0.2, 0.25) is 0 Å². The van der Waals surface area contributed by atoms with Crippen LogP contribution in [0.1, 0.15) is 79.4 Å². The van der Waals surface area contributed by atoms with Gasteiger partial charge < -0.3 is 50.4 Å². The summed E-state index contributed by atoms with van der Waals surface area (Å²) in [5, 5.41) is 17.7. The van der Waals surface area contributed by atoms with Crippen LogP contribution in [-0.2, 0) is 9.53 Å². The third-order valence-electron chi connectivity index (χ3n) is 13.3. The number of nitrogens with two attached hydrogens (primary N) is 1. The molecule has 0 aliphatic carbocycles. The summed E-state index contributed by atoms with van der Waals surface area (Å²) in [5.74, 6) is 1.21. The molecule has 0 radical (unpaired) electrons. The molecule has 2 unspecified atom stereocenters. The molecule has 2 aromatic heterocycles. The van der Waals surface area contributed by atoms with Crippen molar-refractivity contribution in [2.45, 2.75) is 75.6 Å². The largest absolute Gasteiger partial charge is 0.448 e. The molecule has 5 aliphatic rings. The fraction of sp³-hybridized carbons (Fsp3) is 0.500. The number of amides is 3. The average molecular weight is 819 g/mol. The number of aromatic nitrogens is 3. The van der Waals surface area contributed by atoms with Crippen molar-refractivity contribution in [1.82, 2.24) is 29.7 Å². The van der Waals surface area contributed by atoms with Crippen molar-refractivity contribution < 1.29 is 24.2 Å². The molecule has 316 valence electrons. The van der Waals surface area contributed by atoms with Gasteiger partial charge in [-0.25, -0.2) is 14.8 Å². The molecule has 3 amide bonds. The van der Waals surface area contributed by atoms with Crippen molar-refractivity contribution in [3.05, 3.63) is 82.5 Å². The van der Waals surface area contributed by atoms with Crippen LogP contribution in [-0.4, -0.2) is 119 Å². The van der Waals surface area contributed by atoms with E-state index in [4.69, 9.17) is 15.5 Å². The number of ether oxygens (including phenoxy) is 1. The SMILES string of the molecule is NC(=O)c1ncc(N2CCC[C@@H](N3CCOC3=O)C2)nc1Nc1ccc(C2CCN(CC3CCN(c4ccc5c(=O)n(C6CCC(=O)NC6O)ccc5c4)CC3)CC2)cc1. The molecule has 5 N–H and O–H groups in total. The number of primary amides is 1. The number of fused-ring (bicyclic) bond motifs is 1. The van der Waals surface area contributed by atoms with Gasteiger partial charge in [0.1, 0.15) is 18.7 Å². The number of likely N-dealkylation sites (tertiary alicyclic amines) is 1. The van der Waals surface area contributed by atoms with Crippen LogP contribution < -0.4 is 31.7 Å². The molecule has 5 aliphatic heterocycles. The van der Waals surface area contributed by atoms with E-state index in [-0.39, 0.29) is 35.7 Å². The highest BCUT2D eigenvalue weighted by molar-refractivity contribution is 5.96. The van der Waals surface area contributed by atoms with Crippen LogP contribution in [0.5, 0.6) is 0 Å². The van der Waals surface area contributed by atoms with E-state index >= 15 is 0 Å². The van der Waals surface area contributed by atoms with E-state index in [1.54, 1.807) is 21.9 Å². The number of benzene rings is 2. The van der Waals surface area contributed by atoms with Crippen molar-refractivity contribution >= 4 is 51.7 Å². The molecule has 0 spiro atoms. The predicted molar refractivity (Wildman–Crippen MR) is 228 cm³/mol. The Bertz CT molecular complexity index is 2290. The minimum Gasteiger partial charge on any atom is -0.448 e. The first kappa shape index (κ1) is 39.7. The summed E-state index contributed by atoms with van der Waals surface area (Å²) < 4.78 is 6.72. The zero-order valence-electron chi connectivity index (χ0n) is 33.9. The molecule has 5 fully saturated rings. The first-order chi connectivity index (χ1) is 29.2. The zero-order valence-corrected chi connectivity index (χ0v) is 33.9. The minimum absolute atomic E-state index is 0.0360. The molecule has 9 rings (SSSR count). The smallest absolute Gasteiger partial charge is 0.410 e. The van der Waals surface area contributed by atoms with Gasteiger partial charge in [0.05, 0.1) is 24.8 Å². The van der Waals surface area contributed by atoms with E-state index in [0.717, 1.165) is 94.6 Å². The Balaban J connectivity index is 0.755. The predicted octanol–water partition coefficient (Wildman–Crippen LogP) is 3.92. The Morgan fingerprint density at radius 2 is 1.72 bits per heavy atom. The molecular formula is C44H54N10O6. The summed E-state index contributed by atoms with van der Waals surface area (Å²) in [6, 6.07) is 15.9. The first-order valence-corrected chi connectivity index (χ1v) is 21.5. The monoisotopic (exact) mass is 818 g/mol. The Morgan fingerprint density at radius 1 is 0.917 bits per heavy atom. The third kappa shape index (κ3) is 8.35. The van der Waals surface area contributed by atoms with E-state index < -0.39 is 18.2 Å². The van der Waals surface area contributed by atoms with Crippen LogP contribution in [0.25, 0.3) is 10.8 Å². The lowest BCUT2D eigenvalue weighted by Gasteiger charge is -2.38. The Hall–Kier alpha value is -5.74. The van der Waals surface area contributed by atoms with E-state index in [1.165, 1.54) is 5.56 Å². The van der Waals surface area contributed by atoms with Crippen LogP contribution in [0, 0.1) is 5.92 Å². The molecule has 4 aromatic rings. The zero-order chi connectivity index (χ0) is 41.3. The quantitative estimate of drug-likeness (QED) is 0.181.